The number of halogens is 3. The molecule has 0 heterocycles. The maximum absolute atomic E-state index is 11.8. The Hall–Kier alpha value is -0.780. The van der Waals surface area contributed by atoms with Crippen molar-refractivity contribution in [3.8, 4) is 0 Å². The largest absolute Gasteiger partial charge is 0.471 e. The summed E-state index contributed by atoms with van der Waals surface area (Å²) in [7, 11) is 0. The summed E-state index contributed by atoms with van der Waals surface area (Å²) in [5.41, 5.74) is 5.23. The Morgan fingerprint density at radius 1 is 1.43 bits per heavy atom. The Labute approximate surface area is 80.8 Å². The molecule has 0 aliphatic heterocycles. The third-order valence-corrected chi connectivity index (χ3v) is 1.63. The van der Waals surface area contributed by atoms with Gasteiger partial charge in [-0.15, -0.1) is 0 Å². The van der Waals surface area contributed by atoms with Gasteiger partial charge in [0.1, 0.15) is 0 Å². The molecule has 0 saturated heterocycles. The fourth-order valence-corrected chi connectivity index (χ4v) is 1.05. The van der Waals surface area contributed by atoms with Crippen LogP contribution in [0.1, 0.15) is 20.3 Å². The molecule has 0 fully saturated rings. The number of alkyl halides is 3. The van der Waals surface area contributed by atoms with E-state index in [9.17, 15) is 18.0 Å². The predicted octanol–water partition coefficient (Wildman–Crippen LogP) is 1.04. The van der Waals surface area contributed by atoms with Gasteiger partial charge < -0.3 is 11.1 Å². The molecule has 0 radical (unpaired) electrons. The van der Waals surface area contributed by atoms with E-state index in [-0.39, 0.29) is 12.5 Å². The first kappa shape index (κ1) is 13.2. The number of nitrogens with two attached hydrogens (primary N) is 1. The number of hydrogen-bond acceptors (Lipinski definition) is 2. The Morgan fingerprint density at radius 3 is 2.21 bits per heavy atom. The number of carbonyl (C=O) groups excluding carboxylic acids is 1. The molecule has 0 aliphatic carbocycles. The zero-order valence-electron chi connectivity index (χ0n) is 8.19. The van der Waals surface area contributed by atoms with Gasteiger partial charge in [-0.1, -0.05) is 13.8 Å². The number of amides is 1. The minimum Gasteiger partial charge on any atom is -0.344 e. The monoisotopic (exact) mass is 212 g/mol. The molecule has 0 saturated carbocycles. The lowest BCUT2D eigenvalue weighted by molar-refractivity contribution is -0.174. The lowest BCUT2D eigenvalue weighted by Gasteiger charge is -2.19. The summed E-state index contributed by atoms with van der Waals surface area (Å²) in [5, 5.41) is 1.85. The highest BCUT2D eigenvalue weighted by Crippen LogP contribution is 2.15. The molecule has 0 aromatic rings. The van der Waals surface area contributed by atoms with Crippen LogP contribution in [-0.2, 0) is 4.79 Å². The average Bonchev–Trinajstić information content (AvgIpc) is 2.00. The lowest BCUT2D eigenvalue weighted by atomic mass is 10.0. The molecule has 0 aliphatic rings. The van der Waals surface area contributed by atoms with E-state index in [4.69, 9.17) is 5.73 Å². The molecule has 0 aromatic carbocycles. The number of nitrogens with one attached hydrogen (secondary N) is 1. The van der Waals surface area contributed by atoms with Gasteiger partial charge in [-0.2, -0.15) is 13.2 Å². The van der Waals surface area contributed by atoms with Crippen LogP contribution in [0.4, 0.5) is 13.2 Å². The molecule has 14 heavy (non-hydrogen) atoms. The van der Waals surface area contributed by atoms with E-state index in [0.29, 0.717) is 6.42 Å². The van der Waals surface area contributed by atoms with Crippen molar-refractivity contribution in [3.63, 3.8) is 0 Å². The van der Waals surface area contributed by atoms with Crippen LogP contribution >= 0.6 is 0 Å². The highest BCUT2D eigenvalue weighted by atomic mass is 19.4. The third kappa shape index (κ3) is 5.06. The fraction of sp³-hybridized carbons (Fsp3) is 0.875. The van der Waals surface area contributed by atoms with Gasteiger partial charge in [0, 0.05) is 12.6 Å². The third-order valence-electron chi connectivity index (χ3n) is 1.63. The van der Waals surface area contributed by atoms with E-state index in [1.165, 1.54) is 0 Å². The van der Waals surface area contributed by atoms with Crippen molar-refractivity contribution >= 4 is 5.91 Å². The van der Waals surface area contributed by atoms with Crippen molar-refractivity contribution in [1.29, 1.82) is 0 Å². The predicted molar refractivity (Wildman–Crippen MR) is 46.5 cm³/mol. The molecule has 84 valence electrons. The molecule has 1 atom stereocenters. The van der Waals surface area contributed by atoms with E-state index >= 15 is 0 Å². The van der Waals surface area contributed by atoms with E-state index in [2.05, 4.69) is 0 Å². The molecule has 0 bridgehead atoms. The molecule has 1 amide bonds. The maximum atomic E-state index is 11.8. The van der Waals surface area contributed by atoms with Crippen LogP contribution in [0.2, 0.25) is 0 Å². The zero-order chi connectivity index (χ0) is 11.4. The quantitative estimate of drug-likeness (QED) is 0.731. The second-order valence-corrected chi connectivity index (χ2v) is 3.53. The van der Waals surface area contributed by atoms with Gasteiger partial charge in [0.05, 0.1) is 0 Å². The van der Waals surface area contributed by atoms with Gasteiger partial charge in [0.2, 0.25) is 0 Å². The zero-order valence-corrected chi connectivity index (χ0v) is 8.19. The second kappa shape index (κ2) is 5.19. The first-order chi connectivity index (χ1) is 6.27. The summed E-state index contributed by atoms with van der Waals surface area (Å²) in [6, 6.07) is -0.607. The molecule has 0 spiro atoms. The van der Waals surface area contributed by atoms with Gasteiger partial charge in [-0.25, -0.2) is 0 Å². The van der Waals surface area contributed by atoms with E-state index in [1.807, 2.05) is 19.2 Å². The number of carbonyl (C=O) groups is 1. The highest BCUT2D eigenvalue weighted by molar-refractivity contribution is 5.81. The number of hydrogen-bond donors (Lipinski definition) is 2. The lowest BCUT2D eigenvalue weighted by Crippen LogP contribution is -2.46. The van der Waals surface area contributed by atoms with Crippen LogP contribution in [0.25, 0.3) is 0 Å². The van der Waals surface area contributed by atoms with Crippen molar-refractivity contribution in [3.05, 3.63) is 0 Å². The van der Waals surface area contributed by atoms with Crippen LogP contribution in [0.15, 0.2) is 0 Å². The molecule has 6 heteroatoms. The standard InChI is InChI=1S/C8H15F3N2O/c1-5(2)3-6(4-12)13-7(14)8(9,10)11/h5-6H,3-4,12H2,1-2H3,(H,13,14). The Balaban J connectivity index is 4.12. The van der Waals surface area contributed by atoms with Gasteiger partial charge in [0.25, 0.3) is 0 Å². The van der Waals surface area contributed by atoms with E-state index in [0.717, 1.165) is 0 Å². The summed E-state index contributed by atoms with van der Waals surface area (Å²) in [4.78, 5) is 10.5. The molecule has 3 N–H and O–H groups in total. The van der Waals surface area contributed by atoms with Crippen molar-refractivity contribution in [2.75, 3.05) is 6.54 Å². The topological polar surface area (TPSA) is 55.1 Å². The van der Waals surface area contributed by atoms with Gasteiger partial charge in [0.15, 0.2) is 0 Å². The minimum absolute atomic E-state index is 0.0139. The Morgan fingerprint density at radius 2 is 1.93 bits per heavy atom. The van der Waals surface area contributed by atoms with Crippen LogP contribution < -0.4 is 11.1 Å². The van der Waals surface area contributed by atoms with Crippen molar-refractivity contribution in [2.45, 2.75) is 32.5 Å². The SMILES string of the molecule is CC(C)CC(CN)NC(=O)C(F)(F)F. The van der Waals surface area contributed by atoms with Gasteiger partial charge >= 0.3 is 12.1 Å². The Kier molecular flexibility index (Phi) is 4.90. The first-order valence-corrected chi connectivity index (χ1v) is 4.35. The van der Waals surface area contributed by atoms with Crippen LogP contribution in [0.3, 0.4) is 0 Å². The van der Waals surface area contributed by atoms with Gasteiger partial charge in [-0.3, -0.25) is 4.79 Å². The molecule has 0 aromatic heterocycles. The Bertz CT molecular complexity index is 192. The van der Waals surface area contributed by atoms with Crippen LogP contribution in [0, 0.1) is 5.92 Å². The molecule has 3 nitrogen and oxygen atoms in total. The normalized spacial score (nSPS) is 14.2. The molecule has 0 rings (SSSR count). The van der Waals surface area contributed by atoms with Crippen LogP contribution in [0.5, 0.6) is 0 Å². The molecular formula is C8H15F3N2O. The second-order valence-electron chi connectivity index (χ2n) is 3.53. The molecular weight excluding hydrogens is 197 g/mol. The average molecular weight is 212 g/mol. The molecule has 1 unspecified atom stereocenters. The smallest absolute Gasteiger partial charge is 0.344 e. The van der Waals surface area contributed by atoms with E-state index < -0.39 is 18.1 Å². The summed E-state index contributed by atoms with van der Waals surface area (Å²) in [6.07, 6.45) is -4.39. The van der Waals surface area contributed by atoms with Crippen LogP contribution in [-0.4, -0.2) is 24.7 Å². The highest BCUT2D eigenvalue weighted by Gasteiger charge is 2.39. The first-order valence-electron chi connectivity index (χ1n) is 4.35. The van der Waals surface area contributed by atoms with Crippen molar-refractivity contribution in [2.24, 2.45) is 11.7 Å². The fourth-order valence-electron chi connectivity index (χ4n) is 1.05. The summed E-state index contributed by atoms with van der Waals surface area (Å²) in [5.74, 6) is -1.73. The van der Waals surface area contributed by atoms with E-state index in [1.54, 1.807) is 0 Å². The van der Waals surface area contributed by atoms with Crippen molar-refractivity contribution < 1.29 is 18.0 Å². The summed E-state index contributed by atoms with van der Waals surface area (Å²) < 4.78 is 35.5. The number of rotatable bonds is 4. The van der Waals surface area contributed by atoms with Crippen molar-refractivity contribution in [1.82, 2.24) is 5.32 Å². The minimum atomic E-state index is -4.83. The summed E-state index contributed by atoms with van der Waals surface area (Å²) in [6.45, 7) is 3.71. The maximum Gasteiger partial charge on any atom is 0.471 e. The van der Waals surface area contributed by atoms with Gasteiger partial charge in [-0.05, 0) is 12.3 Å². The summed E-state index contributed by atoms with van der Waals surface area (Å²) >= 11 is 0.